The molecule has 3 nitrogen and oxygen atoms in total. The first-order chi connectivity index (χ1) is 9.52. The standard InChI is InChI=1S/C16H17N3S/c1-9-4-5-12(6-10(9)2)19-14-8-15-16(7-13(14)17)20-11(3)18-15/h4-8,19H,17H2,1-3H3. The van der Waals surface area contributed by atoms with E-state index in [-0.39, 0.29) is 0 Å². The largest absolute Gasteiger partial charge is 0.397 e. The van der Waals surface area contributed by atoms with Gasteiger partial charge in [-0.2, -0.15) is 0 Å². The first kappa shape index (κ1) is 12.9. The molecule has 0 atom stereocenters. The SMILES string of the molecule is Cc1nc2cc(Nc3ccc(C)c(C)c3)c(N)cc2s1. The third kappa shape index (κ3) is 2.34. The van der Waals surface area contributed by atoms with Gasteiger partial charge in [0.2, 0.25) is 0 Å². The van der Waals surface area contributed by atoms with E-state index in [4.69, 9.17) is 5.73 Å². The Bertz CT molecular complexity index is 790. The number of aryl methyl sites for hydroxylation is 3. The number of hydrogen-bond acceptors (Lipinski definition) is 4. The maximum absolute atomic E-state index is 6.13. The Morgan fingerprint density at radius 1 is 1.05 bits per heavy atom. The van der Waals surface area contributed by atoms with Crippen LogP contribution in [0.1, 0.15) is 16.1 Å². The van der Waals surface area contributed by atoms with Gasteiger partial charge in [-0.3, -0.25) is 0 Å². The lowest BCUT2D eigenvalue weighted by Gasteiger charge is -2.11. The van der Waals surface area contributed by atoms with Crippen LogP contribution in [-0.4, -0.2) is 4.98 Å². The summed E-state index contributed by atoms with van der Waals surface area (Å²) in [6.07, 6.45) is 0. The molecular formula is C16H17N3S. The Balaban J connectivity index is 2.00. The van der Waals surface area contributed by atoms with Crippen LogP contribution in [0.5, 0.6) is 0 Å². The van der Waals surface area contributed by atoms with E-state index in [1.165, 1.54) is 11.1 Å². The van der Waals surface area contributed by atoms with Gasteiger partial charge < -0.3 is 11.1 Å². The second-order valence-corrected chi connectivity index (χ2v) is 6.30. The van der Waals surface area contributed by atoms with Gasteiger partial charge in [0.05, 0.1) is 26.6 Å². The van der Waals surface area contributed by atoms with Crippen LogP contribution in [0.15, 0.2) is 30.3 Å². The van der Waals surface area contributed by atoms with Crippen molar-refractivity contribution in [3.05, 3.63) is 46.5 Å². The number of nitrogens with two attached hydrogens (primary N) is 1. The van der Waals surface area contributed by atoms with Gasteiger partial charge in [0.1, 0.15) is 0 Å². The lowest BCUT2D eigenvalue weighted by Crippen LogP contribution is -1.97. The van der Waals surface area contributed by atoms with Gasteiger partial charge in [0, 0.05) is 5.69 Å². The number of thiazole rings is 1. The minimum atomic E-state index is 0.749. The number of fused-ring (bicyclic) bond motifs is 1. The minimum Gasteiger partial charge on any atom is -0.397 e. The maximum Gasteiger partial charge on any atom is 0.0907 e. The van der Waals surface area contributed by atoms with Crippen molar-refractivity contribution in [2.45, 2.75) is 20.8 Å². The van der Waals surface area contributed by atoms with Crippen LogP contribution >= 0.6 is 11.3 Å². The lowest BCUT2D eigenvalue weighted by atomic mass is 10.1. The van der Waals surface area contributed by atoms with Crippen molar-refractivity contribution in [3.63, 3.8) is 0 Å². The highest BCUT2D eigenvalue weighted by Gasteiger charge is 2.07. The molecule has 2 aromatic carbocycles. The second-order valence-electron chi connectivity index (χ2n) is 5.06. The van der Waals surface area contributed by atoms with Crippen LogP contribution < -0.4 is 11.1 Å². The predicted molar refractivity (Wildman–Crippen MR) is 88.0 cm³/mol. The van der Waals surface area contributed by atoms with Gasteiger partial charge in [0.25, 0.3) is 0 Å². The number of anilines is 3. The monoisotopic (exact) mass is 283 g/mol. The maximum atomic E-state index is 6.13. The normalized spacial score (nSPS) is 10.9. The number of nitrogens with zero attached hydrogens (tertiary/aromatic N) is 1. The summed E-state index contributed by atoms with van der Waals surface area (Å²) in [6.45, 7) is 6.23. The minimum absolute atomic E-state index is 0.749. The molecule has 0 amide bonds. The van der Waals surface area contributed by atoms with Crippen molar-refractivity contribution in [1.29, 1.82) is 0 Å². The number of nitrogens with one attached hydrogen (secondary N) is 1. The van der Waals surface area contributed by atoms with Crippen molar-refractivity contribution < 1.29 is 0 Å². The van der Waals surface area contributed by atoms with Crippen molar-refractivity contribution >= 4 is 38.6 Å². The third-order valence-corrected chi connectivity index (χ3v) is 4.39. The third-order valence-electron chi connectivity index (χ3n) is 3.45. The fraction of sp³-hybridized carbons (Fsp3) is 0.188. The summed E-state index contributed by atoms with van der Waals surface area (Å²) in [6, 6.07) is 10.3. The summed E-state index contributed by atoms with van der Waals surface area (Å²) in [7, 11) is 0. The molecule has 3 N–H and O–H groups in total. The Labute approximate surface area is 122 Å². The molecule has 0 aliphatic rings. The van der Waals surface area contributed by atoms with Gasteiger partial charge in [0.15, 0.2) is 0 Å². The number of nitrogen functional groups attached to an aromatic ring is 1. The Kier molecular flexibility index (Phi) is 3.10. The van der Waals surface area contributed by atoms with E-state index in [0.717, 1.165) is 32.3 Å². The molecule has 20 heavy (non-hydrogen) atoms. The zero-order chi connectivity index (χ0) is 14.3. The molecule has 0 unspecified atom stereocenters. The average Bonchev–Trinajstić information content (AvgIpc) is 2.73. The van der Waals surface area contributed by atoms with Crippen molar-refractivity contribution in [2.24, 2.45) is 0 Å². The summed E-state index contributed by atoms with van der Waals surface area (Å²) in [5, 5.41) is 4.44. The van der Waals surface area contributed by atoms with E-state index < -0.39 is 0 Å². The van der Waals surface area contributed by atoms with E-state index in [1.54, 1.807) is 11.3 Å². The number of hydrogen-bond donors (Lipinski definition) is 2. The first-order valence-electron chi connectivity index (χ1n) is 6.54. The first-order valence-corrected chi connectivity index (χ1v) is 7.35. The van der Waals surface area contributed by atoms with E-state index in [9.17, 15) is 0 Å². The van der Waals surface area contributed by atoms with Crippen LogP contribution in [0.2, 0.25) is 0 Å². The zero-order valence-electron chi connectivity index (χ0n) is 11.8. The van der Waals surface area contributed by atoms with E-state index in [0.29, 0.717) is 0 Å². The number of benzene rings is 2. The summed E-state index contributed by atoms with van der Waals surface area (Å²) < 4.78 is 1.13. The van der Waals surface area contributed by atoms with Crippen LogP contribution in [0.4, 0.5) is 17.1 Å². The predicted octanol–water partition coefficient (Wildman–Crippen LogP) is 4.55. The highest BCUT2D eigenvalue weighted by atomic mass is 32.1. The van der Waals surface area contributed by atoms with Gasteiger partial charge in [-0.05, 0) is 56.2 Å². The van der Waals surface area contributed by atoms with Crippen molar-refractivity contribution in [1.82, 2.24) is 4.98 Å². The fourth-order valence-electron chi connectivity index (χ4n) is 2.19. The molecule has 3 aromatic rings. The molecule has 3 rings (SSSR count). The highest BCUT2D eigenvalue weighted by molar-refractivity contribution is 7.18. The lowest BCUT2D eigenvalue weighted by molar-refractivity contribution is 1.33. The topological polar surface area (TPSA) is 50.9 Å². The van der Waals surface area contributed by atoms with Crippen molar-refractivity contribution in [3.8, 4) is 0 Å². The van der Waals surface area contributed by atoms with Crippen molar-refractivity contribution in [2.75, 3.05) is 11.1 Å². The molecule has 1 aromatic heterocycles. The van der Waals surface area contributed by atoms with Gasteiger partial charge in [-0.25, -0.2) is 4.98 Å². The van der Waals surface area contributed by atoms with E-state index >= 15 is 0 Å². The molecule has 1 heterocycles. The summed E-state index contributed by atoms with van der Waals surface area (Å²) in [4.78, 5) is 4.51. The molecule has 0 saturated carbocycles. The molecule has 0 aliphatic heterocycles. The van der Waals surface area contributed by atoms with Gasteiger partial charge in [-0.1, -0.05) is 6.07 Å². The van der Waals surface area contributed by atoms with Crippen LogP contribution in [0.25, 0.3) is 10.2 Å². The summed E-state index contributed by atoms with van der Waals surface area (Å²) in [5.41, 5.74) is 12.4. The molecule has 0 saturated heterocycles. The molecule has 0 fully saturated rings. The molecule has 102 valence electrons. The second kappa shape index (κ2) is 4.80. The quantitative estimate of drug-likeness (QED) is 0.678. The fourth-order valence-corrected chi connectivity index (χ4v) is 3.05. The Hall–Kier alpha value is -2.07. The number of rotatable bonds is 2. The van der Waals surface area contributed by atoms with Crippen LogP contribution in [0, 0.1) is 20.8 Å². The van der Waals surface area contributed by atoms with E-state index in [2.05, 4.69) is 42.3 Å². The van der Waals surface area contributed by atoms with E-state index in [1.807, 2.05) is 19.1 Å². The zero-order valence-corrected chi connectivity index (χ0v) is 12.6. The average molecular weight is 283 g/mol. The molecular weight excluding hydrogens is 266 g/mol. The Morgan fingerprint density at radius 2 is 1.85 bits per heavy atom. The number of aromatic nitrogens is 1. The van der Waals surface area contributed by atoms with Crippen LogP contribution in [-0.2, 0) is 0 Å². The summed E-state index contributed by atoms with van der Waals surface area (Å²) in [5.74, 6) is 0. The molecule has 0 aliphatic carbocycles. The van der Waals surface area contributed by atoms with Gasteiger partial charge >= 0.3 is 0 Å². The summed E-state index contributed by atoms with van der Waals surface area (Å²) >= 11 is 1.67. The van der Waals surface area contributed by atoms with Gasteiger partial charge in [-0.15, -0.1) is 11.3 Å². The highest BCUT2D eigenvalue weighted by Crippen LogP contribution is 2.31. The smallest absolute Gasteiger partial charge is 0.0907 e. The molecule has 0 spiro atoms. The molecule has 4 heteroatoms. The van der Waals surface area contributed by atoms with Crippen LogP contribution in [0.3, 0.4) is 0 Å². The molecule has 0 radical (unpaired) electrons. The molecule has 0 bridgehead atoms. The Morgan fingerprint density at radius 3 is 2.60 bits per heavy atom.